The van der Waals surface area contributed by atoms with Crippen LogP contribution in [0.15, 0.2) is 35.0 Å². The number of nitrogens with one attached hydrogen (secondary N) is 1. The number of aliphatic imine (C=N–C) groups is 1. The molecule has 2 aliphatic rings. The van der Waals surface area contributed by atoms with Gasteiger partial charge >= 0.3 is 0 Å². The monoisotopic (exact) mass is 352 g/mol. The number of hydrogen-bond acceptors (Lipinski definition) is 2. The van der Waals surface area contributed by atoms with E-state index >= 15 is 0 Å². The van der Waals surface area contributed by atoms with E-state index in [-0.39, 0.29) is 10.8 Å². The van der Waals surface area contributed by atoms with Crippen LogP contribution in [-0.2, 0) is 10.8 Å². The molecule has 1 aliphatic carbocycles. The van der Waals surface area contributed by atoms with Crippen molar-refractivity contribution in [2.75, 3.05) is 13.1 Å². The number of nitrogens with zero attached hydrogens (tertiary/aromatic N) is 1. The normalized spacial score (nSPS) is 23.6. The summed E-state index contributed by atoms with van der Waals surface area (Å²) in [4.78, 5) is 4.84. The smallest absolute Gasteiger partial charge is 0.0444 e. The second-order valence-corrected chi connectivity index (χ2v) is 9.64. The standard InChI is InChI=1S/C24H36N2/c1-17(19-9-13-25-14-10-19)16-26-18(2)20-7-8-21-22(15-20)24(5,6)12-11-23(21,3)4/h7-8,15-16,19,25H,9-14H2,1-6H3/b17-16+,26-18?. The van der Waals surface area contributed by atoms with E-state index in [1.165, 1.54) is 47.9 Å². The van der Waals surface area contributed by atoms with Gasteiger partial charge in [-0.3, -0.25) is 4.99 Å². The summed E-state index contributed by atoms with van der Waals surface area (Å²) >= 11 is 0. The number of allylic oxidation sites excluding steroid dienone is 1. The zero-order valence-corrected chi connectivity index (χ0v) is 17.6. The van der Waals surface area contributed by atoms with E-state index in [9.17, 15) is 0 Å². The summed E-state index contributed by atoms with van der Waals surface area (Å²) in [5.74, 6) is 0.691. The van der Waals surface area contributed by atoms with Crippen LogP contribution in [-0.4, -0.2) is 18.8 Å². The van der Waals surface area contributed by atoms with Crippen LogP contribution < -0.4 is 5.32 Å². The Balaban J connectivity index is 1.87. The second kappa shape index (κ2) is 7.31. The van der Waals surface area contributed by atoms with Gasteiger partial charge in [0.05, 0.1) is 0 Å². The fraction of sp³-hybridized carbons (Fsp3) is 0.625. The Bertz CT molecular complexity index is 716. The molecule has 1 aromatic rings. The first-order valence-electron chi connectivity index (χ1n) is 10.3. The lowest BCUT2D eigenvalue weighted by atomic mass is 9.63. The summed E-state index contributed by atoms with van der Waals surface area (Å²) in [5.41, 5.74) is 7.38. The van der Waals surface area contributed by atoms with Crippen molar-refractivity contribution in [2.45, 2.75) is 78.1 Å². The number of benzene rings is 1. The molecule has 2 nitrogen and oxygen atoms in total. The molecule has 0 amide bonds. The van der Waals surface area contributed by atoms with Crippen molar-refractivity contribution in [3.63, 3.8) is 0 Å². The summed E-state index contributed by atoms with van der Waals surface area (Å²) in [6.45, 7) is 16.2. The minimum Gasteiger partial charge on any atom is -0.317 e. The highest BCUT2D eigenvalue weighted by Crippen LogP contribution is 2.45. The number of piperidine rings is 1. The van der Waals surface area contributed by atoms with Crippen LogP contribution in [0.3, 0.4) is 0 Å². The van der Waals surface area contributed by atoms with E-state index in [0.29, 0.717) is 5.92 Å². The van der Waals surface area contributed by atoms with Crippen LogP contribution in [0.5, 0.6) is 0 Å². The molecule has 0 atom stereocenters. The van der Waals surface area contributed by atoms with E-state index in [1.807, 2.05) is 0 Å². The van der Waals surface area contributed by atoms with Crippen LogP contribution in [0, 0.1) is 5.92 Å². The van der Waals surface area contributed by atoms with E-state index in [1.54, 1.807) is 0 Å². The molecule has 1 aliphatic heterocycles. The second-order valence-electron chi connectivity index (χ2n) is 9.64. The average molecular weight is 353 g/mol. The van der Waals surface area contributed by atoms with Gasteiger partial charge < -0.3 is 5.32 Å². The van der Waals surface area contributed by atoms with Crippen molar-refractivity contribution in [2.24, 2.45) is 10.9 Å². The zero-order chi connectivity index (χ0) is 18.9. The van der Waals surface area contributed by atoms with Crippen molar-refractivity contribution in [1.29, 1.82) is 0 Å². The van der Waals surface area contributed by atoms with Gasteiger partial charge in [-0.05, 0) is 92.1 Å². The van der Waals surface area contributed by atoms with Crippen molar-refractivity contribution >= 4 is 5.71 Å². The van der Waals surface area contributed by atoms with Crippen molar-refractivity contribution in [1.82, 2.24) is 5.32 Å². The van der Waals surface area contributed by atoms with Gasteiger partial charge in [0.2, 0.25) is 0 Å². The largest absolute Gasteiger partial charge is 0.317 e. The maximum absolute atomic E-state index is 4.84. The number of rotatable bonds is 3. The molecule has 1 aromatic carbocycles. The fourth-order valence-electron chi connectivity index (χ4n) is 4.47. The summed E-state index contributed by atoms with van der Waals surface area (Å²) in [7, 11) is 0. The summed E-state index contributed by atoms with van der Waals surface area (Å²) in [6, 6.07) is 7.03. The Morgan fingerprint density at radius 2 is 1.62 bits per heavy atom. The van der Waals surface area contributed by atoms with E-state index in [0.717, 1.165) is 18.8 Å². The lowest BCUT2D eigenvalue weighted by Gasteiger charge is -2.42. The fourth-order valence-corrected chi connectivity index (χ4v) is 4.47. The Morgan fingerprint density at radius 1 is 1.00 bits per heavy atom. The predicted molar refractivity (Wildman–Crippen MR) is 113 cm³/mol. The molecule has 2 heteroatoms. The summed E-state index contributed by atoms with van der Waals surface area (Å²) < 4.78 is 0. The van der Waals surface area contributed by atoms with Gasteiger partial charge in [-0.15, -0.1) is 0 Å². The Labute approximate surface area is 160 Å². The lowest BCUT2D eigenvalue weighted by molar-refractivity contribution is 0.332. The van der Waals surface area contributed by atoms with Gasteiger partial charge in [-0.25, -0.2) is 0 Å². The van der Waals surface area contributed by atoms with Crippen molar-refractivity contribution in [3.8, 4) is 0 Å². The molecule has 1 heterocycles. The van der Waals surface area contributed by atoms with Gasteiger partial charge in [0.15, 0.2) is 0 Å². The Morgan fingerprint density at radius 3 is 2.27 bits per heavy atom. The highest BCUT2D eigenvalue weighted by Gasteiger charge is 2.36. The van der Waals surface area contributed by atoms with Crippen LogP contribution >= 0.6 is 0 Å². The SMILES string of the molecule is CC(=N/C=C(\C)C1CCNCC1)c1ccc2c(c1)C(C)(C)CCC2(C)C. The third kappa shape index (κ3) is 3.96. The first kappa shape index (κ1) is 19.4. The zero-order valence-electron chi connectivity index (χ0n) is 17.6. The third-order valence-corrected chi connectivity index (χ3v) is 6.72. The molecule has 26 heavy (non-hydrogen) atoms. The van der Waals surface area contributed by atoms with Gasteiger partial charge in [0, 0.05) is 11.9 Å². The van der Waals surface area contributed by atoms with Crippen LogP contribution in [0.1, 0.15) is 83.9 Å². The minimum atomic E-state index is 0.252. The maximum Gasteiger partial charge on any atom is 0.0444 e. The quantitative estimate of drug-likeness (QED) is 0.688. The molecule has 0 unspecified atom stereocenters. The molecule has 142 valence electrons. The molecule has 0 aromatic heterocycles. The molecule has 0 bridgehead atoms. The van der Waals surface area contributed by atoms with Crippen molar-refractivity contribution in [3.05, 3.63) is 46.7 Å². The maximum atomic E-state index is 4.84. The highest BCUT2D eigenvalue weighted by molar-refractivity contribution is 5.99. The first-order valence-corrected chi connectivity index (χ1v) is 10.3. The topological polar surface area (TPSA) is 24.4 Å². The number of fused-ring (bicyclic) bond motifs is 1. The molecule has 3 rings (SSSR count). The molecule has 1 fully saturated rings. The van der Waals surface area contributed by atoms with Crippen LogP contribution in [0.4, 0.5) is 0 Å². The predicted octanol–water partition coefficient (Wildman–Crippen LogP) is 5.75. The van der Waals surface area contributed by atoms with E-state index in [2.05, 4.69) is 71.3 Å². The molecule has 1 N–H and O–H groups in total. The van der Waals surface area contributed by atoms with Crippen molar-refractivity contribution < 1.29 is 0 Å². The molecule has 0 radical (unpaired) electrons. The van der Waals surface area contributed by atoms with E-state index in [4.69, 9.17) is 4.99 Å². The van der Waals surface area contributed by atoms with Gasteiger partial charge in [-0.1, -0.05) is 45.4 Å². The van der Waals surface area contributed by atoms with Crippen LogP contribution in [0.2, 0.25) is 0 Å². The first-order chi connectivity index (χ1) is 12.2. The lowest BCUT2D eigenvalue weighted by Crippen LogP contribution is -2.34. The third-order valence-electron chi connectivity index (χ3n) is 6.72. The molecule has 0 spiro atoms. The average Bonchev–Trinajstić information content (AvgIpc) is 2.63. The van der Waals surface area contributed by atoms with Gasteiger partial charge in [0.25, 0.3) is 0 Å². The molecular formula is C24H36N2. The highest BCUT2D eigenvalue weighted by atomic mass is 14.9. The van der Waals surface area contributed by atoms with Gasteiger partial charge in [-0.2, -0.15) is 0 Å². The Hall–Kier alpha value is -1.41. The molecular weight excluding hydrogens is 316 g/mol. The van der Waals surface area contributed by atoms with Gasteiger partial charge in [0.1, 0.15) is 0 Å². The minimum absolute atomic E-state index is 0.252. The number of hydrogen-bond donors (Lipinski definition) is 1. The summed E-state index contributed by atoms with van der Waals surface area (Å²) in [5, 5.41) is 3.44. The molecule has 0 saturated carbocycles. The van der Waals surface area contributed by atoms with Crippen LogP contribution in [0.25, 0.3) is 0 Å². The van der Waals surface area contributed by atoms with E-state index < -0.39 is 0 Å². The molecule has 1 saturated heterocycles. The Kier molecular flexibility index (Phi) is 5.44. The summed E-state index contributed by atoms with van der Waals surface area (Å²) in [6.07, 6.45) is 7.09.